The second-order valence-corrected chi connectivity index (χ2v) is 13.1. The molecule has 4 aromatic rings. The summed E-state index contributed by atoms with van der Waals surface area (Å²) in [5.41, 5.74) is 4.76. The molecular weight excluding hydrogens is 628 g/mol. The lowest BCUT2D eigenvalue weighted by Crippen LogP contribution is -2.58. The minimum Gasteiger partial charge on any atom is -0.483 e. The van der Waals surface area contributed by atoms with Crippen LogP contribution in [0.3, 0.4) is 0 Å². The molecule has 262 valence electrons. The summed E-state index contributed by atoms with van der Waals surface area (Å²) in [6, 6.07) is 32.8. The van der Waals surface area contributed by atoms with E-state index < -0.39 is 24.2 Å². The fourth-order valence-corrected chi connectivity index (χ4v) is 6.54. The number of amides is 4. The molecule has 0 unspecified atom stereocenters. The van der Waals surface area contributed by atoms with Gasteiger partial charge in [-0.1, -0.05) is 109 Å². The predicted molar refractivity (Wildman–Crippen MR) is 195 cm³/mol. The van der Waals surface area contributed by atoms with Crippen molar-refractivity contribution in [2.45, 2.75) is 70.2 Å². The molecule has 0 aromatic heterocycles. The third kappa shape index (κ3) is 10.4. The van der Waals surface area contributed by atoms with Crippen LogP contribution in [0.2, 0.25) is 0 Å². The molecule has 1 aliphatic rings. The standard InChI is InChI=1S/C41H48N4O5/c1-29-14-12-15-30(2)39(29)50-28-38(47)44-35(25-32-18-8-4-9-19-32)37(46)27-34(24-31-16-6-3-7-17-31)43-40(48)36(26-33-20-10-5-11-21-33)45-23-13-22-42-41(45)49/h3-12,14-21,34-37,46H,13,22-28H2,1-2H3,(H,42,49)(H,43,48)(H,44,47)/t34-,35-,36-,37-/m0/s1. The average Bonchev–Trinajstić information content (AvgIpc) is 3.12. The van der Waals surface area contributed by atoms with E-state index in [4.69, 9.17) is 4.74 Å². The molecule has 1 fully saturated rings. The van der Waals surface area contributed by atoms with Gasteiger partial charge in [-0.15, -0.1) is 0 Å². The summed E-state index contributed by atoms with van der Waals surface area (Å²) < 4.78 is 5.93. The van der Waals surface area contributed by atoms with Crippen LogP contribution in [-0.2, 0) is 28.9 Å². The summed E-state index contributed by atoms with van der Waals surface area (Å²) >= 11 is 0. The SMILES string of the molecule is Cc1cccc(C)c1OCC(=O)N[C@@H](Cc1ccccc1)[C@@H](O)C[C@H](Cc1ccccc1)NC(=O)[C@H](Cc1ccccc1)N1CCCNC1=O. The van der Waals surface area contributed by atoms with Gasteiger partial charge in [-0.05, 0) is 67.3 Å². The normalized spacial score (nSPS) is 15.3. The number of benzene rings is 4. The Labute approximate surface area is 295 Å². The van der Waals surface area contributed by atoms with Gasteiger partial charge in [-0.2, -0.15) is 0 Å². The maximum absolute atomic E-state index is 14.2. The van der Waals surface area contributed by atoms with Gasteiger partial charge in [-0.25, -0.2) is 4.79 Å². The molecule has 9 nitrogen and oxygen atoms in total. The zero-order chi connectivity index (χ0) is 35.3. The number of carbonyl (C=O) groups excluding carboxylic acids is 3. The second-order valence-electron chi connectivity index (χ2n) is 13.1. The van der Waals surface area contributed by atoms with Gasteiger partial charge in [-0.3, -0.25) is 9.59 Å². The number of hydrogen-bond acceptors (Lipinski definition) is 5. The topological polar surface area (TPSA) is 120 Å². The van der Waals surface area contributed by atoms with E-state index in [1.165, 1.54) is 0 Å². The molecular formula is C41H48N4O5. The van der Waals surface area contributed by atoms with Crippen molar-refractivity contribution in [2.24, 2.45) is 0 Å². The number of nitrogens with one attached hydrogen (secondary N) is 3. The van der Waals surface area contributed by atoms with Crippen molar-refractivity contribution in [2.75, 3.05) is 19.7 Å². The number of aryl methyl sites for hydroxylation is 2. The first-order chi connectivity index (χ1) is 24.3. The van der Waals surface area contributed by atoms with Crippen molar-refractivity contribution >= 4 is 17.8 Å². The van der Waals surface area contributed by atoms with Gasteiger partial charge in [0.2, 0.25) is 5.91 Å². The molecule has 1 heterocycles. The number of ether oxygens (including phenoxy) is 1. The fraction of sp³-hybridized carbons (Fsp3) is 0.341. The third-order valence-corrected chi connectivity index (χ3v) is 9.13. The molecule has 0 bridgehead atoms. The molecule has 1 aliphatic heterocycles. The molecule has 0 radical (unpaired) electrons. The molecule has 4 atom stereocenters. The van der Waals surface area contributed by atoms with E-state index in [-0.39, 0.29) is 30.9 Å². The van der Waals surface area contributed by atoms with Crippen LogP contribution in [0.1, 0.15) is 40.7 Å². The van der Waals surface area contributed by atoms with Crippen LogP contribution in [0, 0.1) is 13.8 Å². The van der Waals surface area contributed by atoms with Crippen molar-refractivity contribution in [1.82, 2.24) is 20.9 Å². The summed E-state index contributed by atoms with van der Waals surface area (Å²) in [5, 5.41) is 20.9. The molecule has 9 heteroatoms. The molecule has 4 N–H and O–H groups in total. The molecule has 0 spiro atoms. The van der Waals surface area contributed by atoms with Crippen molar-refractivity contribution in [3.63, 3.8) is 0 Å². The molecule has 4 amide bonds. The first-order valence-corrected chi connectivity index (χ1v) is 17.4. The van der Waals surface area contributed by atoms with Gasteiger partial charge < -0.3 is 30.7 Å². The maximum atomic E-state index is 14.2. The highest BCUT2D eigenvalue weighted by molar-refractivity contribution is 5.88. The fourth-order valence-electron chi connectivity index (χ4n) is 6.54. The van der Waals surface area contributed by atoms with Crippen LogP contribution in [-0.4, -0.2) is 71.8 Å². The van der Waals surface area contributed by atoms with Crippen molar-refractivity contribution in [3.8, 4) is 5.75 Å². The molecule has 1 saturated heterocycles. The van der Waals surface area contributed by atoms with E-state index in [1.807, 2.05) is 123 Å². The molecule has 4 aromatic carbocycles. The smallest absolute Gasteiger partial charge is 0.318 e. The highest BCUT2D eigenvalue weighted by Crippen LogP contribution is 2.22. The van der Waals surface area contributed by atoms with E-state index in [0.717, 1.165) is 34.2 Å². The van der Waals surface area contributed by atoms with Gasteiger partial charge in [0.25, 0.3) is 5.91 Å². The van der Waals surface area contributed by atoms with E-state index in [0.29, 0.717) is 38.1 Å². The lowest BCUT2D eigenvalue weighted by molar-refractivity contribution is -0.127. The first-order valence-electron chi connectivity index (χ1n) is 17.4. The van der Waals surface area contributed by atoms with E-state index in [9.17, 15) is 19.5 Å². The Morgan fingerprint density at radius 1 is 0.780 bits per heavy atom. The maximum Gasteiger partial charge on any atom is 0.318 e. The Kier molecular flexibility index (Phi) is 13.0. The van der Waals surface area contributed by atoms with Crippen molar-refractivity contribution < 1.29 is 24.2 Å². The Morgan fingerprint density at radius 2 is 1.34 bits per heavy atom. The lowest BCUT2D eigenvalue weighted by atomic mass is 9.93. The molecule has 0 aliphatic carbocycles. The number of urea groups is 1. The highest BCUT2D eigenvalue weighted by Gasteiger charge is 2.34. The highest BCUT2D eigenvalue weighted by atomic mass is 16.5. The van der Waals surface area contributed by atoms with Crippen LogP contribution in [0.5, 0.6) is 5.75 Å². The predicted octanol–water partition coefficient (Wildman–Crippen LogP) is 4.91. The number of nitrogens with zero attached hydrogens (tertiary/aromatic N) is 1. The monoisotopic (exact) mass is 676 g/mol. The summed E-state index contributed by atoms with van der Waals surface area (Å²) in [4.78, 5) is 42.1. The summed E-state index contributed by atoms with van der Waals surface area (Å²) in [5.74, 6) is 0.0286. The van der Waals surface area contributed by atoms with Crippen LogP contribution in [0.4, 0.5) is 4.79 Å². The largest absolute Gasteiger partial charge is 0.483 e. The quantitative estimate of drug-likeness (QED) is 0.134. The van der Waals surface area contributed by atoms with Crippen molar-refractivity contribution in [1.29, 1.82) is 0 Å². The van der Waals surface area contributed by atoms with Crippen LogP contribution in [0.25, 0.3) is 0 Å². The molecule has 5 rings (SSSR count). The summed E-state index contributed by atoms with van der Waals surface area (Å²) in [6.45, 7) is 4.71. The van der Waals surface area contributed by atoms with Crippen LogP contribution in [0.15, 0.2) is 109 Å². The Balaban J connectivity index is 1.35. The van der Waals surface area contributed by atoms with Gasteiger partial charge >= 0.3 is 6.03 Å². The Morgan fingerprint density at radius 3 is 1.92 bits per heavy atom. The average molecular weight is 677 g/mol. The lowest BCUT2D eigenvalue weighted by Gasteiger charge is -2.35. The third-order valence-electron chi connectivity index (χ3n) is 9.13. The summed E-state index contributed by atoms with van der Waals surface area (Å²) in [6.07, 6.45) is 1.08. The zero-order valence-corrected chi connectivity index (χ0v) is 28.9. The van der Waals surface area contributed by atoms with E-state index in [2.05, 4.69) is 16.0 Å². The van der Waals surface area contributed by atoms with Gasteiger partial charge in [0.15, 0.2) is 6.61 Å². The zero-order valence-electron chi connectivity index (χ0n) is 28.9. The van der Waals surface area contributed by atoms with Crippen LogP contribution >= 0.6 is 0 Å². The van der Waals surface area contributed by atoms with Gasteiger partial charge in [0, 0.05) is 25.6 Å². The number of aliphatic hydroxyl groups is 1. The molecule has 0 saturated carbocycles. The van der Waals surface area contributed by atoms with E-state index in [1.54, 1.807) is 4.90 Å². The Hall–Kier alpha value is -5.15. The first kappa shape index (κ1) is 36.1. The number of rotatable bonds is 16. The summed E-state index contributed by atoms with van der Waals surface area (Å²) in [7, 11) is 0. The number of aliphatic hydroxyl groups excluding tert-OH is 1. The minimum atomic E-state index is -1.01. The number of carbonyl (C=O) groups is 3. The van der Waals surface area contributed by atoms with Crippen LogP contribution < -0.4 is 20.7 Å². The van der Waals surface area contributed by atoms with Gasteiger partial charge in [0.1, 0.15) is 11.8 Å². The van der Waals surface area contributed by atoms with Crippen molar-refractivity contribution in [3.05, 3.63) is 137 Å². The Bertz CT molecular complexity index is 1670. The van der Waals surface area contributed by atoms with E-state index >= 15 is 0 Å². The number of hydrogen-bond donors (Lipinski definition) is 4. The minimum absolute atomic E-state index is 0.167. The number of para-hydroxylation sites is 1. The molecule has 50 heavy (non-hydrogen) atoms. The second kappa shape index (κ2) is 18.0. The van der Waals surface area contributed by atoms with Gasteiger partial charge in [0.05, 0.1) is 12.1 Å².